The van der Waals surface area contributed by atoms with E-state index in [1.165, 1.54) is 0 Å². The Hall–Kier alpha value is -2.66. The van der Waals surface area contributed by atoms with Crippen molar-refractivity contribution in [3.05, 3.63) is 76.1 Å². The summed E-state index contributed by atoms with van der Waals surface area (Å²) in [6.45, 7) is 3.89. The van der Waals surface area contributed by atoms with E-state index in [0.717, 1.165) is 16.8 Å². The number of halogens is 1. The summed E-state index contributed by atoms with van der Waals surface area (Å²) >= 11 is 6.06. The van der Waals surface area contributed by atoms with Crippen LogP contribution in [0.15, 0.2) is 48.5 Å². The molecule has 0 unspecified atom stereocenters. The van der Waals surface area contributed by atoms with Gasteiger partial charge in [0.25, 0.3) is 0 Å². The lowest BCUT2D eigenvalue weighted by Gasteiger charge is -2.06. The van der Waals surface area contributed by atoms with E-state index in [-0.39, 0.29) is 12.3 Å². The largest absolute Gasteiger partial charge is 0.456 e. The standard InChI is InChI=1S/C18H16ClN3O2/c1-12-7-9-15(10-8-12)22-13(2)17(20-21-22)18(23)24-11-14-5-3-4-6-16(14)19/h3-10H,11H2,1-2H3. The Labute approximate surface area is 144 Å². The summed E-state index contributed by atoms with van der Waals surface area (Å²) in [6.07, 6.45) is 0. The highest BCUT2D eigenvalue weighted by molar-refractivity contribution is 6.31. The number of aryl methyl sites for hydroxylation is 1. The van der Waals surface area contributed by atoms with Crippen molar-refractivity contribution in [2.75, 3.05) is 0 Å². The molecule has 0 amide bonds. The molecule has 0 saturated carbocycles. The number of nitrogens with zero attached hydrogens (tertiary/aromatic N) is 3. The molecule has 0 saturated heterocycles. The maximum atomic E-state index is 12.3. The quantitative estimate of drug-likeness (QED) is 0.675. The van der Waals surface area contributed by atoms with Crippen LogP contribution in [0, 0.1) is 13.8 Å². The van der Waals surface area contributed by atoms with Crippen molar-refractivity contribution >= 4 is 17.6 Å². The fourth-order valence-electron chi connectivity index (χ4n) is 2.28. The zero-order chi connectivity index (χ0) is 17.1. The van der Waals surface area contributed by atoms with Gasteiger partial charge in [0, 0.05) is 10.6 Å². The first-order valence-corrected chi connectivity index (χ1v) is 7.84. The smallest absolute Gasteiger partial charge is 0.361 e. The van der Waals surface area contributed by atoms with Gasteiger partial charge in [-0.05, 0) is 32.0 Å². The third-order valence-electron chi connectivity index (χ3n) is 3.68. The second-order valence-electron chi connectivity index (χ2n) is 5.44. The van der Waals surface area contributed by atoms with Crippen molar-refractivity contribution in [2.45, 2.75) is 20.5 Å². The Bertz CT molecular complexity index is 872. The normalized spacial score (nSPS) is 10.6. The molecule has 0 N–H and O–H groups in total. The summed E-state index contributed by atoms with van der Waals surface area (Å²) < 4.78 is 6.92. The first kappa shape index (κ1) is 16.2. The van der Waals surface area contributed by atoms with Crippen LogP contribution >= 0.6 is 11.6 Å². The maximum Gasteiger partial charge on any atom is 0.361 e. The summed E-state index contributed by atoms with van der Waals surface area (Å²) in [7, 11) is 0. The van der Waals surface area contributed by atoms with E-state index in [1.54, 1.807) is 17.7 Å². The van der Waals surface area contributed by atoms with Crippen molar-refractivity contribution in [3.63, 3.8) is 0 Å². The first-order chi connectivity index (χ1) is 11.6. The molecule has 3 aromatic rings. The predicted octanol–water partition coefficient (Wildman–Crippen LogP) is 3.89. The van der Waals surface area contributed by atoms with Gasteiger partial charge < -0.3 is 4.74 Å². The summed E-state index contributed by atoms with van der Waals surface area (Å²) in [4.78, 5) is 12.3. The Balaban J connectivity index is 1.76. The summed E-state index contributed by atoms with van der Waals surface area (Å²) in [5.41, 5.74) is 3.56. The molecule has 0 aliphatic carbocycles. The number of benzene rings is 2. The molecule has 1 aromatic heterocycles. The highest BCUT2D eigenvalue weighted by Gasteiger charge is 2.19. The van der Waals surface area contributed by atoms with Crippen LogP contribution in [-0.4, -0.2) is 21.0 Å². The zero-order valence-corrected chi connectivity index (χ0v) is 14.1. The molecule has 1 heterocycles. The van der Waals surface area contributed by atoms with Crippen LogP contribution < -0.4 is 0 Å². The maximum absolute atomic E-state index is 12.3. The molecule has 0 atom stereocenters. The predicted molar refractivity (Wildman–Crippen MR) is 91.4 cm³/mol. The number of hydrogen-bond acceptors (Lipinski definition) is 4. The van der Waals surface area contributed by atoms with Crippen LogP contribution in [0.25, 0.3) is 5.69 Å². The number of hydrogen-bond donors (Lipinski definition) is 0. The minimum atomic E-state index is -0.522. The van der Waals surface area contributed by atoms with Gasteiger partial charge in [-0.2, -0.15) is 0 Å². The number of ether oxygens (including phenoxy) is 1. The van der Waals surface area contributed by atoms with Gasteiger partial charge in [0.15, 0.2) is 5.69 Å². The van der Waals surface area contributed by atoms with E-state index in [9.17, 15) is 4.79 Å². The fourth-order valence-corrected chi connectivity index (χ4v) is 2.47. The minimum Gasteiger partial charge on any atom is -0.456 e. The second-order valence-corrected chi connectivity index (χ2v) is 5.85. The molecule has 0 aliphatic rings. The molecule has 6 heteroatoms. The third-order valence-corrected chi connectivity index (χ3v) is 4.05. The molecule has 122 valence electrons. The molecule has 24 heavy (non-hydrogen) atoms. The van der Waals surface area contributed by atoms with E-state index >= 15 is 0 Å². The second kappa shape index (κ2) is 6.84. The number of carbonyl (C=O) groups is 1. The monoisotopic (exact) mass is 341 g/mol. The van der Waals surface area contributed by atoms with Crippen molar-refractivity contribution < 1.29 is 9.53 Å². The van der Waals surface area contributed by atoms with E-state index < -0.39 is 5.97 Å². The van der Waals surface area contributed by atoms with Crippen LogP contribution in [0.5, 0.6) is 0 Å². The SMILES string of the molecule is Cc1ccc(-n2nnc(C(=O)OCc3ccccc3Cl)c2C)cc1. The first-order valence-electron chi connectivity index (χ1n) is 7.46. The van der Waals surface area contributed by atoms with Gasteiger partial charge in [-0.1, -0.05) is 52.7 Å². The number of carbonyl (C=O) groups excluding carboxylic acids is 1. The van der Waals surface area contributed by atoms with Gasteiger partial charge in [-0.3, -0.25) is 0 Å². The Morgan fingerprint density at radius 2 is 1.83 bits per heavy atom. The van der Waals surface area contributed by atoms with Gasteiger partial charge in [0.05, 0.1) is 11.4 Å². The lowest BCUT2D eigenvalue weighted by atomic mass is 10.2. The third kappa shape index (κ3) is 3.31. The van der Waals surface area contributed by atoms with Crippen molar-refractivity contribution in [2.24, 2.45) is 0 Å². The van der Waals surface area contributed by atoms with Gasteiger partial charge in [-0.15, -0.1) is 5.10 Å². The molecule has 3 rings (SSSR count). The van der Waals surface area contributed by atoms with Gasteiger partial charge in [-0.25, -0.2) is 9.48 Å². The molecular formula is C18H16ClN3O2. The average molecular weight is 342 g/mol. The number of aromatic nitrogens is 3. The fraction of sp³-hybridized carbons (Fsp3) is 0.167. The molecule has 2 aromatic carbocycles. The van der Waals surface area contributed by atoms with Crippen LogP contribution in [0.1, 0.15) is 27.3 Å². The lowest BCUT2D eigenvalue weighted by Crippen LogP contribution is -2.08. The molecule has 0 bridgehead atoms. The van der Waals surface area contributed by atoms with Crippen LogP contribution in [0.4, 0.5) is 0 Å². The van der Waals surface area contributed by atoms with Gasteiger partial charge in [0.1, 0.15) is 6.61 Å². The van der Waals surface area contributed by atoms with Crippen molar-refractivity contribution in [3.8, 4) is 5.69 Å². The van der Waals surface area contributed by atoms with Crippen LogP contribution in [0.2, 0.25) is 5.02 Å². The highest BCUT2D eigenvalue weighted by Crippen LogP contribution is 2.18. The Kier molecular flexibility index (Phi) is 4.62. The molecule has 5 nitrogen and oxygen atoms in total. The molecule has 0 fully saturated rings. The van der Waals surface area contributed by atoms with E-state index in [1.807, 2.05) is 49.4 Å². The van der Waals surface area contributed by atoms with Gasteiger partial charge in [0.2, 0.25) is 0 Å². The highest BCUT2D eigenvalue weighted by atomic mass is 35.5. The Morgan fingerprint density at radius 3 is 2.54 bits per heavy atom. The van der Waals surface area contributed by atoms with Crippen molar-refractivity contribution in [1.29, 1.82) is 0 Å². The van der Waals surface area contributed by atoms with Crippen LogP contribution in [-0.2, 0) is 11.3 Å². The molecule has 0 spiro atoms. The average Bonchev–Trinajstić information content (AvgIpc) is 2.96. The summed E-state index contributed by atoms with van der Waals surface area (Å²) in [6, 6.07) is 15.0. The van der Waals surface area contributed by atoms with Crippen molar-refractivity contribution in [1.82, 2.24) is 15.0 Å². The van der Waals surface area contributed by atoms with E-state index in [2.05, 4.69) is 10.3 Å². The zero-order valence-electron chi connectivity index (χ0n) is 13.4. The number of rotatable bonds is 4. The molecule has 0 aliphatic heterocycles. The lowest BCUT2D eigenvalue weighted by molar-refractivity contribution is 0.0465. The summed E-state index contributed by atoms with van der Waals surface area (Å²) in [5, 5.41) is 8.56. The molecular weight excluding hydrogens is 326 g/mol. The minimum absolute atomic E-state index is 0.0926. The Morgan fingerprint density at radius 1 is 1.12 bits per heavy atom. The van der Waals surface area contributed by atoms with Crippen LogP contribution in [0.3, 0.4) is 0 Å². The van der Waals surface area contributed by atoms with E-state index in [4.69, 9.17) is 16.3 Å². The van der Waals surface area contributed by atoms with E-state index in [0.29, 0.717) is 10.7 Å². The summed E-state index contributed by atoms with van der Waals surface area (Å²) in [5.74, 6) is -0.522. The number of esters is 1. The molecule has 0 radical (unpaired) electrons. The van der Waals surface area contributed by atoms with Gasteiger partial charge >= 0.3 is 5.97 Å². The topological polar surface area (TPSA) is 57.0 Å².